The lowest BCUT2D eigenvalue weighted by Gasteiger charge is -2.14. The standard InChI is InChI=1S/C15H21NO/c1-11-5-6-12(7-11)10-17-15-4-2-3-13-8-16-9-14(13)15/h2-4,11-12,16H,5-10H2,1H3. The van der Waals surface area contributed by atoms with Crippen LogP contribution in [-0.4, -0.2) is 6.61 Å². The third-order valence-corrected chi connectivity index (χ3v) is 4.13. The Balaban J connectivity index is 1.64. The van der Waals surface area contributed by atoms with Gasteiger partial charge in [0.05, 0.1) is 6.61 Å². The number of benzene rings is 1. The lowest BCUT2D eigenvalue weighted by atomic mass is 10.1. The van der Waals surface area contributed by atoms with Crippen molar-refractivity contribution in [2.24, 2.45) is 11.8 Å². The molecule has 0 saturated heterocycles. The van der Waals surface area contributed by atoms with E-state index < -0.39 is 0 Å². The van der Waals surface area contributed by atoms with E-state index in [4.69, 9.17) is 4.74 Å². The summed E-state index contributed by atoms with van der Waals surface area (Å²) in [5.74, 6) is 2.77. The van der Waals surface area contributed by atoms with Crippen molar-refractivity contribution in [2.45, 2.75) is 39.3 Å². The summed E-state index contributed by atoms with van der Waals surface area (Å²) >= 11 is 0. The average Bonchev–Trinajstić information content (AvgIpc) is 2.94. The predicted molar refractivity (Wildman–Crippen MR) is 69.0 cm³/mol. The highest BCUT2D eigenvalue weighted by Gasteiger charge is 2.22. The van der Waals surface area contributed by atoms with Crippen molar-refractivity contribution in [1.82, 2.24) is 5.32 Å². The van der Waals surface area contributed by atoms with Crippen LogP contribution in [0.25, 0.3) is 0 Å². The summed E-state index contributed by atoms with van der Waals surface area (Å²) in [6, 6.07) is 6.42. The molecular formula is C15H21NO. The maximum atomic E-state index is 6.04. The normalized spacial score (nSPS) is 27.1. The number of ether oxygens (including phenoxy) is 1. The fourth-order valence-corrected chi connectivity index (χ4v) is 3.12. The van der Waals surface area contributed by atoms with Gasteiger partial charge in [0.2, 0.25) is 0 Å². The number of rotatable bonds is 3. The SMILES string of the molecule is CC1CCC(COc2cccc3c2CNC3)C1. The molecule has 1 N–H and O–H groups in total. The maximum Gasteiger partial charge on any atom is 0.124 e. The van der Waals surface area contributed by atoms with E-state index in [1.807, 2.05) is 0 Å². The van der Waals surface area contributed by atoms with Crippen molar-refractivity contribution in [1.29, 1.82) is 0 Å². The molecule has 0 radical (unpaired) electrons. The number of fused-ring (bicyclic) bond motifs is 1. The third-order valence-electron chi connectivity index (χ3n) is 4.13. The van der Waals surface area contributed by atoms with Gasteiger partial charge in [0.25, 0.3) is 0 Å². The minimum Gasteiger partial charge on any atom is -0.493 e. The van der Waals surface area contributed by atoms with Gasteiger partial charge in [-0.15, -0.1) is 0 Å². The molecule has 1 fully saturated rings. The van der Waals surface area contributed by atoms with Gasteiger partial charge in [0, 0.05) is 18.7 Å². The lowest BCUT2D eigenvalue weighted by molar-refractivity contribution is 0.247. The van der Waals surface area contributed by atoms with Crippen LogP contribution in [0.15, 0.2) is 18.2 Å². The van der Waals surface area contributed by atoms with E-state index in [2.05, 4.69) is 30.4 Å². The molecule has 1 aromatic carbocycles. The van der Waals surface area contributed by atoms with Crippen LogP contribution < -0.4 is 10.1 Å². The van der Waals surface area contributed by atoms with Crippen molar-refractivity contribution >= 4 is 0 Å². The second-order valence-electron chi connectivity index (χ2n) is 5.59. The minimum atomic E-state index is 0.773. The van der Waals surface area contributed by atoms with E-state index in [0.717, 1.165) is 37.3 Å². The van der Waals surface area contributed by atoms with E-state index in [1.165, 1.54) is 30.4 Å². The third kappa shape index (κ3) is 2.32. The molecule has 92 valence electrons. The average molecular weight is 231 g/mol. The molecule has 1 aromatic rings. The molecular weight excluding hydrogens is 210 g/mol. The predicted octanol–water partition coefficient (Wildman–Crippen LogP) is 3.10. The van der Waals surface area contributed by atoms with E-state index in [9.17, 15) is 0 Å². The van der Waals surface area contributed by atoms with Crippen molar-refractivity contribution in [3.8, 4) is 5.75 Å². The van der Waals surface area contributed by atoms with Crippen LogP contribution in [0, 0.1) is 11.8 Å². The van der Waals surface area contributed by atoms with Gasteiger partial charge in [-0.1, -0.05) is 25.5 Å². The molecule has 17 heavy (non-hydrogen) atoms. The Labute approximate surface area is 103 Å². The lowest BCUT2D eigenvalue weighted by Crippen LogP contribution is -2.10. The quantitative estimate of drug-likeness (QED) is 0.863. The van der Waals surface area contributed by atoms with Crippen LogP contribution in [0.2, 0.25) is 0 Å². The zero-order valence-electron chi connectivity index (χ0n) is 10.5. The van der Waals surface area contributed by atoms with E-state index in [0.29, 0.717) is 0 Å². The molecule has 2 atom stereocenters. The van der Waals surface area contributed by atoms with Gasteiger partial charge in [-0.25, -0.2) is 0 Å². The molecule has 1 heterocycles. The van der Waals surface area contributed by atoms with Gasteiger partial charge in [0.15, 0.2) is 0 Å². The molecule has 2 aliphatic rings. The summed E-state index contributed by atoms with van der Waals surface area (Å²) < 4.78 is 6.04. The highest BCUT2D eigenvalue weighted by atomic mass is 16.5. The highest BCUT2D eigenvalue weighted by Crippen LogP contribution is 2.32. The topological polar surface area (TPSA) is 21.3 Å². The monoisotopic (exact) mass is 231 g/mol. The maximum absolute atomic E-state index is 6.04. The van der Waals surface area contributed by atoms with E-state index in [-0.39, 0.29) is 0 Å². The molecule has 1 saturated carbocycles. The van der Waals surface area contributed by atoms with Crippen molar-refractivity contribution in [3.63, 3.8) is 0 Å². The van der Waals surface area contributed by atoms with E-state index >= 15 is 0 Å². The Kier molecular flexibility index (Phi) is 3.06. The molecule has 0 spiro atoms. The fourth-order valence-electron chi connectivity index (χ4n) is 3.12. The summed E-state index contributed by atoms with van der Waals surface area (Å²) in [7, 11) is 0. The van der Waals surface area contributed by atoms with Crippen LogP contribution in [0.5, 0.6) is 5.75 Å². The van der Waals surface area contributed by atoms with Crippen LogP contribution in [0.4, 0.5) is 0 Å². The molecule has 2 unspecified atom stereocenters. The zero-order valence-corrected chi connectivity index (χ0v) is 10.5. The molecule has 2 nitrogen and oxygen atoms in total. The summed E-state index contributed by atoms with van der Waals surface area (Å²) in [6.07, 6.45) is 4.06. The van der Waals surface area contributed by atoms with Crippen LogP contribution in [0.3, 0.4) is 0 Å². The molecule has 1 aliphatic carbocycles. The largest absolute Gasteiger partial charge is 0.493 e. The summed E-state index contributed by atoms with van der Waals surface area (Å²) in [5.41, 5.74) is 2.78. The Morgan fingerprint density at radius 3 is 3.06 bits per heavy atom. The zero-order chi connectivity index (χ0) is 11.7. The summed E-state index contributed by atoms with van der Waals surface area (Å²) in [4.78, 5) is 0. The van der Waals surface area contributed by atoms with Gasteiger partial charge in [0.1, 0.15) is 5.75 Å². The Bertz CT molecular complexity index is 402. The summed E-state index contributed by atoms with van der Waals surface area (Å²) in [6.45, 7) is 5.21. The van der Waals surface area contributed by atoms with Crippen molar-refractivity contribution < 1.29 is 4.74 Å². The number of nitrogens with one attached hydrogen (secondary N) is 1. The first-order chi connectivity index (χ1) is 8.33. The van der Waals surface area contributed by atoms with Gasteiger partial charge in [-0.2, -0.15) is 0 Å². The second-order valence-corrected chi connectivity index (χ2v) is 5.59. The van der Waals surface area contributed by atoms with Crippen LogP contribution in [0.1, 0.15) is 37.3 Å². The smallest absolute Gasteiger partial charge is 0.124 e. The van der Waals surface area contributed by atoms with Crippen molar-refractivity contribution in [3.05, 3.63) is 29.3 Å². The molecule has 0 bridgehead atoms. The summed E-state index contributed by atoms with van der Waals surface area (Å²) in [5, 5.41) is 3.38. The molecule has 3 rings (SSSR count). The van der Waals surface area contributed by atoms with Gasteiger partial charge in [-0.3, -0.25) is 0 Å². The van der Waals surface area contributed by atoms with Crippen LogP contribution >= 0.6 is 0 Å². The molecule has 0 aromatic heterocycles. The fraction of sp³-hybridized carbons (Fsp3) is 0.600. The number of hydrogen-bond acceptors (Lipinski definition) is 2. The Hall–Kier alpha value is -1.02. The van der Waals surface area contributed by atoms with E-state index in [1.54, 1.807) is 0 Å². The minimum absolute atomic E-state index is 0.773. The Morgan fingerprint density at radius 2 is 2.24 bits per heavy atom. The molecule has 1 aliphatic heterocycles. The highest BCUT2D eigenvalue weighted by molar-refractivity contribution is 5.42. The van der Waals surface area contributed by atoms with Gasteiger partial charge >= 0.3 is 0 Å². The van der Waals surface area contributed by atoms with Gasteiger partial charge < -0.3 is 10.1 Å². The molecule has 2 heteroatoms. The first-order valence-corrected chi connectivity index (χ1v) is 6.77. The number of hydrogen-bond donors (Lipinski definition) is 1. The van der Waals surface area contributed by atoms with Gasteiger partial charge in [-0.05, 0) is 36.3 Å². The molecule has 0 amide bonds. The Morgan fingerprint density at radius 1 is 1.29 bits per heavy atom. The second kappa shape index (κ2) is 4.69. The van der Waals surface area contributed by atoms with Crippen molar-refractivity contribution in [2.75, 3.05) is 6.61 Å². The first-order valence-electron chi connectivity index (χ1n) is 6.77. The first kappa shape index (κ1) is 11.1. The van der Waals surface area contributed by atoms with Crippen LogP contribution in [-0.2, 0) is 13.1 Å².